The minimum Gasteiger partial charge on any atom is -0.319 e. The van der Waals surface area contributed by atoms with Gasteiger partial charge in [-0.25, -0.2) is 9.67 Å². The third-order valence-electron chi connectivity index (χ3n) is 4.45. The van der Waals surface area contributed by atoms with Gasteiger partial charge in [-0.15, -0.1) is 5.10 Å². The molecule has 0 atom stereocenters. The number of amides is 1. The predicted octanol–water partition coefficient (Wildman–Crippen LogP) is 7.11. The molecule has 4 rings (SSSR count). The van der Waals surface area contributed by atoms with Crippen molar-refractivity contribution in [3.8, 4) is 17.1 Å². The maximum atomic E-state index is 12.8. The average molecular weight is 492 g/mol. The van der Waals surface area contributed by atoms with Gasteiger partial charge in [-0.2, -0.15) is 0 Å². The molecule has 3 aromatic carbocycles. The van der Waals surface area contributed by atoms with E-state index >= 15 is 0 Å². The van der Waals surface area contributed by atoms with Gasteiger partial charge in [-0.1, -0.05) is 76.2 Å². The van der Waals surface area contributed by atoms with E-state index in [1.165, 1.54) is 0 Å². The van der Waals surface area contributed by atoms with Crippen LogP contribution in [-0.2, 0) is 0 Å². The molecule has 0 spiro atoms. The van der Waals surface area contributed by atoms with E-state index < -0.39 is 5.91 Å². The minimum atomic E-state index is -0.495. The Kier molecular flexibility index (Phi) is 6.21. The molecule has 0 aliphatic rings. The summed E-state index contributed by atoms with van der Waals surface area (Å²) in [4.78, 5) is 17.3. The summed E-state index contributed by atoms with van der Waals surface area (Å²) in [6.45, 7) is 1.99. The van der Waals surface area contributed by atoms with E-state index in [4.69, 9.17) is 46.4 Å². The normalized spacial score (nSPS) is 10.9. The number of benzene rings is 3. The number of hydrogen-bond acceptors (Lipinski definition) is 3. The molecule has 156 valence electrons. The Hall–Kier alpha value is -2.57. The average Bonchev–Trinajstić information content (AvgIpc) is 3.19. The van der Waals surface area contributed by atoms with Crippen LogP contribution in [0.3, 0.4) is 0 Å². The molecule has 0 saturated carbocycles. The molecule has 0 bridgehead atoms. The molecule has 1 N–H and O–H groups in total. The number of carbonyl (C=O) groups is 1. The van der Waals surface area contributed by atoms with Crippen molar-refractivity contribution in [2.75, 3.05) is 5.32 Å². The first-order chi connectivity index (χ1) is 14.8. The van der Waals surface area contributed by atoms with E-state index in [2.05, 4.69) is 15.4 Å². The minimum absolute atomic E-state index is 0.0206. The van der Waals surface area contributed by atoms with Gasteiger partial charge in [0, 0.05) is 11.3 Å². The number of nitrogens with one attached hydrogen (secondary N) is 1. The lowest BCUT2D eigenvalue weighted by atomic mass is 10.1. The highest BCUT2D eigenvalue weighted by molar-refractivity contribution is 6.42. The molecule has 1 heterocycles. The van der Waals surface area contributed by atoms with Crippen molar-refractivity contribution in [3.63, 3.8) is 0 Å². The predicted molar refractivity (Wildman–Crippen MR) is 126 cm³/mol. The molecule has 31 heavy (non-hydrogen) atoms. The van der Waals surface area contributed by atoms with Crippen molar-refractivity contribution in [1.82, 2.24) is 14.8 Å². The first kappa shape index (κ1) is 21.7. The molecule has 0 saturated heterocycles. The van der Waals surface area contributed by atoms with Gasteiger partial charge in [0.15, 0.2) is 5.82 Å². The van der Waals surface area contributed by atoms with Crippen LogP contribution in [0.5, 0.6) is 0 Å². The molecule has 0 unspecified atom stereocenters. The molecule has 0 aliphatic carbocycles. The highest BCUT2D eigenvalue weighted by Crippen LogP contribution is 2.28. The Bertz CT molecular complexity index is 1290. The summed E-state index contributed by atoms with van der Waals surface area (Å²) >= 11 is 24.2. The highest BCUT2D eigenvalue weighted by atomic mass is 35.5. The van der Waals surface area contributed by atoms with Crippen LogP contribution >= 0.6 is 46.4 Å². The summed E-state index contributed by atoms with van der Waals surface area (Å²) in [6.07, 6.45) is 0. The summed E-state index contributed by atoms with van der Waals surface area (Å²) in [6, 6.07) is 17.6. The monoisotopic (exact) mass is 490 g/mol. The lowest BCUT2D eigenvalue weighted by molar-refractivity contribution is 0.101. The van der Waals surface area contributed by atoms with Crippen LogP contribution in [0, 0.1) is 6.92 Å². The van der Waals surface area contributed by atoms with Crippen LogP contribution in [0.4, 0.5) is 5.69 Å². The van der Waals surface area contributed by atoms with Crippen LogP contribution in [0.2, 0.25) is 20.1 Å². The van der Waals surface area contributed by atoms with Crippen molar-refractivity contribution in [2.45, 2.75) is 6.92 Å². The summed E-state index contributed by atoms with van der Waals surface area (Å²) in [5.41, 5.74) is 2.98. The number of aromatic nitrogens is 3. The summed E-state index contributed by atoms with van der Waals surface area (Å²) in [5, 5.41) is 8.65. The Morgan fingerprint density at radius 3 is 2.13 bits per heavy atom. The number of anilines is 1. The molecule has 9 heteroatoms. The molecule has 5 nitrogen and oxygen atoms in total. The topological polar surface area (TPSA) is 59.8 Å². The van der Waals surface area contributed by atoms with Gasteiger partial charge in [0.1, 0.15) is 0 Å². The van der Waals surface area contributed by atoms with E-state index in [0.29, 0.717) is 37.3 Å². The van der Waals surface area contributed by atoms with E-state index in [0.717, 1.165) is 11.1 Å². The van der Waals surface area contributed by atoms with Gasteiger partial charge >= 0.3 is 0 Å². The second-order valence-electron chi connectivity index (χ2n) is 6.72. The molecule has 0 aliphatic heterocycles. The number of hydrogen-bond donors (Lipinski definition) is 1. The smallest absolute Gasteiger partial charge is 0.295 e. The fraction of sp³-hybridized carbons (Fsp3) is 0.0455. The number of nitrogens with zero attached hydrogens (tertiary/aromatic N) is 3. The fourth-order valence-corrected chi connectivity index (χ4v) is 3.45. The van der Waals surface area contributed by atoms with Gasteiger partial charge < -0.3 is 5.32 Å². The second kappa shape index (κ2) is 8.89. The quantitative estimate of drug-likeness (QED) is 0.331. The lowest BCUT2D eigenvalue weighted by Crippen LogP contribution is -2.14. The third kappa shape index (κ3) is 4.70. The van der Waals surface area contributed by atoms with Crippen molar-refractivity contribution in [2.24, 2.45) is 0 Å². The summed E-state index contributed by atoms with van der Waals surface area (Å²) < 4.78 is 1.55. The van der Waals surface area contributed by atoms with Crippen molar-refractivity contribution in [3.05, 3.63) is 92.1 Å². The van der Waals surface area contributed by atoms with Crippen LogP contribution in [0.1, 0.15) is 16.2 Å². The van der Waals surface area contributed by atoms with E-state index in [1.807, 2.05) is 31.2 Å². The Morgan fingerprint density at radius 2 is 1.48 bits per heavy atom. The van der Waals surface area contributed by atoms with Crippen LogP contribution in [0.15, 0.2) is 60.7 Å². The van der Waals surface area contributed by atoms with Crippen molar-refractivity contribution >= 4 is 58.0 Å². The number of carbonyl (C=O) groups excluding carboxylic acids is 1. The maximum absolute atomic E-state index is 12.8. The van der Waals surface area contributed by atoms with Gasteiger partial charge in [0.05, 0.1) is 25.8 Å². The fourth-order valence-electron chi connectivity index (χ4n) is 2.86. The molecule has 0 fully saturated rings. The zero-order chi connectivity index (χ0) is 22.1. The third-order valence-corrected chi connectivity index (χ3v) is 5.92. The molecular formula is C22H14Cl4N4O. The number of rotatable bonds is 4. The summed E-state index contributed by atoms with van der Waals surface area (Å²) in [7, 11) is 0. The van der Waals surface area contributed by atoms with E-state index in [9.17, 15) is 4.79 Å². The maximum Gasteiger partial charge on any atom is 0.295 e. The summed E-state index contributed by atoms with van der Waals surface area (Å²) in [5.74, 6) is -0.0315. The highest BCUT2D eigenvalue weighted by Gasteiger charge is 2.20. The number of aryl methyl sites for hydroxylation is 1. The zero-order valence-electron chi connectivity index (χ0n) is 16.0. The molecule has 1 amide bonds. The van der Waals surface area contributed by atoms with Crippen LogP contribution in [0.25, 0.3) is 17.1 Å². The van der Waals surface area contributed by atoms with Crippen molar-refractivity contribution < 1.29 is 4.79 Å². The largest absolute Gasteiger partial charge is 0.319 e. The van der Waals surface area contributed by atoms with Gasteiger partial charge in [-0.3, -0.25) is 4.79 Å². The lowest BCUT2D eigenvalue weighted by Gasteiger charge is -2.07. The second-order valence-corrected chi connectivity index (χ2v) is 8.35. The van der Waals surface area contributed by atoms with Crippen LogP contribution in [-0.4, -0.2) is 20.7 Å². The Morgan fingerprint density at radius 1 is 0.839 bits per heavy atom. The SMILES string of the molecule is Cc1ccc(-c2nc(C(=O)Nc3ccc(Cl)c(Cl)c3)nn2-c2ccc(Cl)c(Cl)c2)cc1. The van der Waals surface area contributed by atoms with E-state index in [-0.39, 0.29) is 5.82 Å². The van der Waals surface area contributed by atoms with Crippen LogP contribution < -0.4 is 5.32 Å². The van der Waals surface area contributed by atoms with Gasteiger partial charge in [0.2, 0.25) is 5.82 Å². The standard InChI is InChI=1S/C22H14Cl4N4O/c1-12-2-4-13(5-3-12)21-28-20(22(31)27-14-6-8-16(23)18(25)10-14)29-30(21)15-7-9-17(24)19(26)11-15/h2-11H,1H3,(H,27,31). The Balaban J connectivity index is 1.76. The molecule has 0 radical (unpaired) electrons. The number of halogens is 4. The van der Waals surface area contributed by atoms with Gasteiger partial charge in [0.25, 0.3) is 5.91 Å². The molecule has 4 aromatic rings. The molecular weight excluding hydrogens is 478 g/mol. The first-order valence-corrected chi connectivity index (χ1v) is 10.6. The van der Waals surface area contributed by atoms with Crippen molar-refractivity contribution in [1.29, 1.82) is 0 Å². The van der Waals surface area contributed by atoms with Gasteiger partial charge in [-0.05, 0) is 43.3 Å². The Labute approximate surface area is 198 Å². The van der Waals surface area contributed by atoms with E-state index in [1.54, 1.807) is 41.1 Å². The molecule has 1 aromatic heterocycles. The zero-order valence-corrected chi connectivity index (χ0v) is 19.1. The first-order valence-electron chi connectivity index (χ1n) is 9.08.